The van der Waals surface area contributed by atoms with Gasteiger partial charge in [0.2, 0.25) is 0 Å². The van der Waals surface area contributed by atoms with Gasteiger partial charge >= 0.3 is 6.01 Å². The molecule has 0 aliphatic carbocycles. The molecule has 0 atom stereocenters. The lowest BCUT2D eigenvalue weighted by molar-refractivity contribution is 0.578. The van der Waals surface area contributed by atoms with Gasteiger partial charge < -0.3 is 4.42 Å². The summed E-state index contributed by atoms with van der Waals surface area (Å²) in [7, 11) is 0. The number of pyridine rings is 1. The third kappa shape index (κ3) is 3.29. The van der Waals surface area contributed by atoms with Gasteiger partial charge in [-0.25, -0.2) is 4.98 Å². The van der Waals surface area contributed by atoms with Crippen LogP contribution in [0.3, 0.4) is 0 Å². The number of nitrogens with zero attached hydrogens (tertiary/aromatic N) is 4. The molecule has 0 N–H and O–H groups in total. The molecule has 2 aromatic heterocycles. The standard InChI is InChI=1S/C22H16N4O/c1-16-5-2-3-7-20(16)26(19-10-8-17(13-23)9-11-19)22-25-15-21(27-22)18-6-4-12-24-14-18/h2-12,14-15H,1H3. The Morgan fingerprint density at radius 2 is 1.78 bits per heavy atom. The van der Waals surface area contributed by atoms with Crippen LogP contribution >= 0.6 is 0 Å². The van der Waals surface area contributed by atoms with Gasteiger partial charge in [-0.1, -0.05) is 18.2 Å². The molecule has 0 bridgehead atoms. The number of nitriles is 1. The van der Waals surface area contributed by atoms with Crippen molar-refractivity contribution in [1.29, 1.82) is 5.26 Å². The predicted molar refractivity (Wildman–Crippen MR) is 104 cm³/mol. The number of anilines is 3. The van der Waals surface area contributed by atoms with Crippen LogP contribution in [0.4, 0.5) is 17.4 Å². The second-order valence-corrected chi connectivity index (χ2v) is 6.03. The average Bonchev–Trinajstić information content (AvgIpc) is 3.21. The maximum atomic E-state index is 9.07. The normalized spacial score (nSPS) is 10.4. The molecule has 0 fully saturated rings. The highest BCUT2D eigenvalue weighted by Gasteiger charge is 2.19. The summed E-state index contributed by atoms with van der Waals surface area (Å²) in [5.41, 5.74) is 4.38. The van der Waals surface area contributed by atoms with E-state index in [9.17, 15) is 0 Å². The van der Waals surface area contributed by atoms with Gasteiger partial charge in [0.15, 0.2) is 5.76 Å². The topological polar surface area (TPSA) is 66.0 Å². The third-order valence-corrected chi connectivity index (χ3v) is 4.24. The summed E-state index contributed by atoms with van der Waals surface area (Å²) in [6, 6.07) is 21.7. The first kappa shape index (κ1) is 16.6. The van der Waals surface area contributed by atoms with Crippen LogP contribution in [0.5, 0.6) is 0 Å². The molecule has 0 amide bonds. The van der Waals surface area contributed by atoms with Crippen LogP contribution < -0.4 is 4.90 Å². The number of aryl methyl sites for hydroxylation is 1. The van der Waals surface area contributed by atoms with Crippen molar-refractivity contribution < 1.29 is 4.42 Å². The quantitative estimate of drug-likeness (QED) is 0.493. The molecule has 0 saturated heterocycles. The van der Waals surface area contributed by atoms with Crippen LogP contribution in [-0.2, 0) is 0 Å². The van der Waals surface area contributed by atoms with E-state index in [1.165, 1.54) is 0 Å². The van der Waals surface area contributed by atoms with Crippen LogP contribution in [0.25, 0.3) is 11.3 Å². The predicted octanol–water partition coefficient (Wildman–Crippen LogP) is 5.39. The molecule has 130 valence electrons. The minimum atomic E-state index is 0.452. The summed E-state index contributed by atoms with van der Waals surface area (Å²) in [5, 5.41) is 9.07. The zero-order valence-electron chi connectivity index (χ0n) is 14.7. The lowest BCUT2D eigenvalue weighted by Crippen LogP contribution is -2.11. The molecule has 4 rings (SSSR count). The largest absolute Gasteiger partial charge is 0.423 e. The first-order chi connectivity index (χ1) is 13.3. The summed E-state index contributed by atoms with van der Waals surface area (Å²) in [6.07, 6.45) is 5.16. The van der Waals surface area contributed by atoms with Crippen LogP contribution in [0.1, 0.15) is 11.1 Å². The van der Waals surface area contributed by atoms with Crippen LogP contribution in [0, 0.1) is 18.3 Å². The maximum absolute atomic E-state index is 9.07. The number of para-hydroxylation sites is 1. The van der Waals surface area contributed by atoms with Gasteiger partial charge in [-0.2, -0.15) is 5.26 Å². The zero-order chi connectivity index (χ0) is 18.6. The van der Waals surface area contributed by atoms with E-state index in [0.29, 0.717) is 17.3 Å². The van der Waals surface area contributed by atoms with Gasteiger partial charge in [0.1, 0.15) is 0 Å². The highest BCUT2D eigenvalue weighted by Crippen LogP contribution is 2.37. The minimum Gasteiger partial charge on any atom is -0.423 e. The number of hydrogen-bond donors (Lipinski definition) is 0. The Kier molecular flexibility index (Phi) is 4.38. The van der Waals surface area contributed by atoms with E-state index in [0.717, 1.165) is 22.5 Å². The van der Waals surface area contributed by atoms with E-state index in [2.05, 4.69) is 16.0 Å². The Hall–Kier alpha value is -3.91. The number of oxazole rings is 1. The molecular weight excluding hydrogens is 336 g/mol. The van der Waals surface area contributed by atoms with E-state index in [-0.39, 0.29) is 0 Å². The number of aromatic nitrogens is 2. The maximum Gasteiger partial charge on any atom is 0.307 e. The molecule has 5 nitrogen and oxygen atoms in total. The Morgan fingerprint density at radius 3 is 2.48 bits per heavy atom. The number of rotatable bonds is 4. The Bertz CT molecular complexity index is 1100. The first-order valence-electron chi connectivity index (χ1n) is 8.48. The van der Waals surface area contributed by atoms with Gasteiger partial charge in [-0.05, 0) is 55.0 Å². The molecule has 2 aromatic carbocycles. The molecule has 0 aliphatic heterocycles. The fourth-order valence-corrected chi connectivity index (χ4v) is 2.86. The molecule has 5 heteroatoms. The van der Waals surface area contributed by atoms with Gasteiger partial charge in [0, 0.05) is 18.0 Å². The van der Waals surface area contributed by atoms with E-state index < -0.39 is 0 Å². The summed E-state index contributed by atoms with van der Waals surface area (Å²) in [5.74, 6) is 0.644. The van der Waals surface area contributed by atoms with E-state index in [4.69, 9.17) is 9.68 Å². The van der Waals surface area contributed by atoms with Crippen molar-refractivity contribution in [3.63, 3.8) is 0 Å². The van der Waals surface area contributed by atoms with Crippen molar-refractivity contribution in [3.8, 4) is 17.4 Å². The molecule has 4 aromatic rings. The fraction of sp³-hybridized carbons (Fsp3) is 0.0455. The molecule has 2 heterocycles. The van der Waals surface area contributed by atoms with Crippen LogP contribution in [0.2, 0.25) is 0 Å². The smallest absolute Gasteiger partial charge is 0.307 e. The third-order valence-electron chi connectivity index (χ3n) is 4.24. The molecule has 27 heavy (non-hydrogen) atoms. The van der Waals surface area contributed by atoms with Gasteiger partial charge in [0.05, 0.1) is 29.2 Å². The Morgan fingerprint density at radius 1 is 0.963 bits per heavy atom. The number of benzene rings is 2. The van der Waals surface area contributed by atoms with Crippen LogP contribution in [-0.4, -0.2) is 9.97 Å². The van der Waals surface area contributed by atoms with E-state index in [1.54, 1.807) is 30.7 Å². The Balaban J connectivity index is 1.82. The summed E-state index contributed by atoms with van der Waals surface area (Å²) in [4.78, 5) is 10.6. The van der Waals surface area contributed by atoms with Crippen LogP contribution in [0.15, 0.2) is 83.7 Å². The van der Waals surface area contributed by atoms with E-state index >= 15 is 0 Å². The van der Waals surface area contributed by atoms with Crippen molar-refractivity contribution in [2.45, 2.75) is 6.92 Å². The molecule has 0 spiro atoms. The molecular formula is C22H16N4O. The van der Waals surface area contributed by atoms with Crippen molar-refractivity contribution in [2.24, 2.45) is 0 Å². The zero-order valence-corrected chi connectivity index (χ0v) is 14.7. The lowest BCUT2D eigenvalue weighted by atomic mass is 10.1. The van der Waals surface area contributed by atoms with Crippen molar-refractivity contribution in [2.75, 3.05) is 4.90 Å². The van der Waals surface area contributed by atoms with Crippen molar-refractivity contribution in [3.05, 3.63) is 90.4 Å². The molecule has 0 radical (unpaired) electrons. The van der Waals surface area contributed by atoms with Crippen molar-refractivity contribution in [1.82, 2.24) is 9.97 Å². The second-order valence-electron chi connectivity index (χ2n) is 6.03. The second kappa shape index (κ2) is 7.14. The highest BCUT2D eigenvalue weighted by atomic mass is 16.4. The van der Waals surface area contributed by atoms with Crippen molar-refractivity contribution >= 4 is 17.4 Å². The fourth-order valence-electron chi connectivity index (χ4n) is 2.86. The summed E-state index contributed by atoms with van der Waals surface area (Å²) in [6.45, 7) is 2.04. The molecule has 0 unspecified atom stereocenters. The van der Waals surface area contributed by atoms with E-state index in [1.807, 2.05) is 60.4 Å². The monoisotopic (exact) mass is 352 g/mol. The summed E-state index contributed by atoms with van der Waals surface area (Å²) >= 11 is 0. The number of hydrogen-bond acceptors (Lipinski definition) is 5. The molecule has 0 aliphatic rings. The average molecular weight is 352 g/mol. The minimum absolute atomic E-state index is 0.452. The Labute approximate surface area is 157 Å². The first-order valence-corrected chi connectivity index (χ1v) is 8.48. The lowest BCUT2D eigenvalue weighted by Gasteiger charge is -2.22. The highest BCUT2D eigenvalue weighted by molar-refractivity contribution is 5.75. The summed E-state index contributed by atoms with van der Waals surface area (Å²) < 4.78 is 6.06. The van der Waals surface area contributed by atoms with Gasteiger partial charge in [-0.3, -0.25) is 9.88 Å². The SMILES string of the molecule is Cc1ccccc1N(c1ccc(C#N)cc1)c1ncc(-c2cccnc2)o1. The van der Waals surface area contributed by atoms with Gasteiger partial charge in [0.25, 0.3) is 0 Å². The van der Waals surface area contributed by atoms with Gasteiger partial charge in [-0.15, -0.1) is 0 Å². The molecule has 0 saturated carbocycles.